The van der Waals surface area contributed by atoms with Crippen molar-refractivity contribution in [1.29, 1.82) is 0 Å². The van der Waals surface area contributed by atoms with Crippen LogP contribution in [0.3, 0.4) is 0 Å². The Morgan fingerprint density at radius 3 is 2.41 bits per heavy atom. The molecule has 0 N–H and O–H groups in total. The summed E-state index contributed by atoms with van der Waals surface area (Å²) in [6, 6.07) is 3.63. The molecule has 0 aliphatic carbocycles. The van der Waals surface area contributed by atoms with E-state index in [1.54, 1.807) is 25.1 Å². The summed E-state index contributed by atoms with van der Waals surface area (Å²) in [6.45, 7) is 0.407. The van der Waals surface area contributed by atoms with Crippen LogP contribution < -0.4 is 0 Å². The van der Waals surface area contributed by atoms with Crippen molar-refractivity contribution in [2.24, 2.45) is 4.99 Å². The fraction of sp³-hybridized carbons (Fsp3) is 0.364. The summed E-state index contributed by atoms with van der Waals surface area (Å²) in [7, 11) is 3.56. The standard InChI is InChI=1S/C11H11F3N2S/c1-16(2)6-8-3-9(11(12,13)14)5-10(4-8)15-7-17/h3-5H,6H2,1-2H3. The van der Waals surface area contributed by atoms with Gasteiger partial charge in [-0.05, 0) is 50.1 Å². The van der Waals surface area contributed by atoms with Crippen LogP contribution in [-0.4, -0.2) is 24.2 Å². The van der Waals surface area contributed by atoms with Gasteiger partial charge in [0, 0.05) is 6.54 Å². The van der Waals surface area contributed by atoms with Crippen LogP contribution in [0.1, 0.15) is 11.1 Å². The second-order valence-electron chi connectivity index (χ2n) is 3.83. The van der Waals surface area contributed by atoms with E-state index >= 15 is 0 Å². The van der Waals surface area contributed by atoms with Gasteiger partial charge < -0.3 is 4.90 Å². The third-order valence-electron chi connectivity index (χ3n) is 1.98. The SMILES string of the molecule is CN(C)Cc1cc(N=C=S)cc(C(F)(F)F)c1. The van der Waals surface area contributed by atoms with Crippen LogP contribution in [0.25, 0.3) is 0 Å². The number of hydrogen-bond donors (Lipinski definition) is 0. The lowest BCUT2D eigenvalue weighted by molar-refractivity contribution is -0.137. The number of thiocarbonyl (C=S) groups is 1. The molecule has 0 unspecified atom stereocenters. The van der Waals surface area contributed by atoms with Crippen molar-refractivity contribution in [3.8, 4) is 0 Å². The molecule has 17 heavy (non-hydrogen) atoms. The predicted octanol–water partition coefficient (Wildman–Crippen LogP) is 3.50. The van der Waals surface area contributed by atoms with Gasteiger partial charge in [-0.3, -0.25) is 0 Å². The van der Waals surface area contributed by atoms with Gasteiger partial charge in [-0.15, -0.1) is 0 Å². The molecule has 0 aliphatic rings. The first kappa shape index (κ1) is 13.8. The van der Waals surface area contributed by atoms with Crippen molar-refractivity contribution in [2.75, 3.05) is 14.1 Å². The lowest BCUT2D eigenvalue weighted by atomic mass is 10.1. The Bertz CT molecular complexity index is 449. The maximum atomic E-state index is 12.6. The molecule has 0 saturated heterocycles. The van der Waals surface area contributed by atoms with Crippen LogP contribution in [0.4, 0.5) is 18.9 Å². The van der Waals surface area contributed by atoms with Crippen LogP contribution in [0.2, 0.25) is 0 Å². The van der Waals surface area contributed by atoms with Crippen LogP contribution in [0.5, 0.6) is 0 Å². The zero-order chi connectivity index (χ0) is 13.1. The molecule has 0 atom stereocenters. The number of benzene rings is 1. The Morgan fingerprint density at radius 2 is 1.94 bits per heavy atom. The molecule has 0 aromatic heterocycles. The normalized spacial score (nSPS) is 11.4. The molecular formula is C11H11F3N2S. The molecule has 1 rings (SSSR count). The maximum Gasteiger partial charge on any atom is 0.416 e. The lowest BCUT2D eigenvalue weighted by Crippen LogP contribution is -2.12. The largest absolute Gasteiger partial charge is 0.416 e. The van der Waals surface area contributed by atoms with E-state index in [2.05, 4.69) is 22.4 Å². The van der Waals surface area contributed by atoms with Gasteiger partial charge in [0.05, 0.1) is 16.4 Å². The summed E-state index contributed by atoms with van der Waals surface area (Å²) in [5.74, 6) is 0. The zero-order valence-electron chi connectivity index (χ0n) is 9.38. The van der Waals surface area contributed by atoms with Crippen molar-refractivity contribution in [2.45, 2.75) is 12.7 Å². The number of isothiocyanates is 1. The van der Waals surface area contributed by atoms with Gasteiger partial charge in [-0.1, -0.05) is 0 Å². The van der Waals surface area contributed by atoms with Gasteiger partial charge in [0.2, 0.25) is 0 Å². The Labute approximate surface area is 103 Å². The van der Waals surface area contributed by atoms with Gasteiger partial charge in [-0.25, -0.2) is 0 Å². The van der Waals surface area contributed by atoms with Crippen LogP contribution in [0.15, 0.2) is 23.2 Å². The van der Waals surface area contributed by atoms with Crippen molar-refractivity contribution in [1.82, 2.24) is 4.90 Å². The Morgan fingerprint density at radius 1 is 1.29 bits per heavy atom. The summed E-state index contributed by atoms with van der Waals surface area (Å²) in [4.78, 5) is 5.37. The maximum absolute atomic E-state index is 12.6. The number of halogens is 3. The highest BCUT2D eigenvalue weighted by Crippen LogP contribution is 2.32. The average molecular weight is 260 g/mol. The van der Waals surface area contributed by atoms with E-state index in [0.29, 0.717) is 12.1 Å². The molecule has 0 heterocycles. The van der Waals surface area contributed by atoms with E-state index < -0.39 is 11.7 Å². The number of nitrogens with zero attached hydrogens (tertiary/aromatic N) is 2. The van der Waals surface area contributed by atoms with Crippen LogP contribution in [-0.2, 0) is 12.7 Å². The minimum absolute atomic E-state index is 0.173. The molecule has 0 amide bonds. The van der Waals surface area contributed by atoms with E-state index in [9.17, 15) is 13.2 Å². The van der Waals surface area contributed by atoms with Gasteiger partial charge in [-0.2, -0.15) is 18.2 Å². The average Bonchev–Trinajstić information content (AvgIpc) is 2.15. The molecule has 0 spiro atoms. The number of aliphatic imine (C=N–C) groups is 1. The molecule has 0 aliphatic heterocycles. The highest BCUT2D eigenvalue weighted by atomic mass is 32.1. The van der Waals surface area contributed by atoms with Gasteiger partial charge >= 0.3 is 6.18 Å². The molecular weight excluding hydrogens is 249 g/mol. The lowest BCUT2D eigenvalue weighted by Gasteiger charge is -2.13. The third-order valence-corrected chi connectivity index (χ3v) is 2.07. The Hall–Kier alpha value is -1.23. The molecule has 1 aromatic carbocycles. The second-order valence-corrected chi connectivity index (χ2v) is 4.01. The molecule has 0 saturated carbocycles. The Balaban J connectivity index is 3.23. The smallest absolute Gasteiger partial charge is 0.305 e. The Kier molecular flexibility index (Phi) is 4.40. The van der Waals surface area contributed by atoms with Crippen molar-refractivity contribution < 1.29 is 13.2 Å². The fourth-order valence-corrected chi connectivity index (χ4v) is 1.52. The zero-order valence-corrected chi connectivity index (χ0v) is 10.2. The van der Waals surface area contributed by atoms with E-state index in [-0.39, 0.29) is 5.69 Å². The monoisotopic (exact) mass is 260 g/mol. The van der Waals surface area contributed by atoms with E-state index in [1.165, 1.54) is 0 Å². The number of hydrogen-bond acceptors (Lipinski definition) is 3. The van der Waals surface area contributed by atoms with Gasteiger partial charge in [0.25, 0.3) is 0 Å². The quantitative estimate of drug-likeness (QED) is 0.610. The van der Waals surface area contributed by atoms with Crippen molar-refractivity contribution in [3.63, 3.8) is 0 Å². The number of rotatable bonds is 3. The van der Waals surface area contributed by atoms with Crippen molar-refractivity contribution >= 4 is 23.1 Å². The highest BCUT2D eigenvalue weighted by Gasteiger charge is 2.31. The molecule has 0 radical (unpaired) electrons. The first-order valence-corrected chi connectivity index (χ1v) is 5.17. The van der Waals surface area contributed by atoms with Crippen molar-refractivity contribution in [3.05, 3.63) is 29.3 Å². The molecule has 0 fully saturated rings. The minimum Gasteiger partial charge on any atom is -0.305 e. The predicted molar refractivity (Wildman–Crippen MR) is 63.5 cm³/mol. The van der Waals surface area contributed by atoms with Crippen LogP contribution in [0, 0.1) is 0 Å². The summed E-state index contributed by atoms with van der Waals surface area (Å²) in [5, 5.41) is 2.07. The third kappa shape index (κ3) is 4.26. The van der Waals surface area contributed by atoms with E-state index in [4.69, 9.17) is 0 Å². The highest BCUT2D eigenvalue weighted by molar-refractivity contribution is 7.78. The number of alkyl halides is 3. The molecule has 92 valence electrons. The summed E-state index contributed by atoms with van der Waals surface area (Å²) in [5.41, 5.74) is -0.0126. The fourth-order valence-electron chi connectivity index (χ4n) is 1.41. The summed E-state index contributed by atoms with van der Waals surface area (Å²) in [6.07, 6.45) is -4.38. The first-order valence-electron chi connectivity index (χ1n) is 4.76. The van der Waals surface area contributed by atoms with E-state index in [1.807, 2.05) is 0 Å². The molecule has 1 aromatic rings. The summed E-state index contributed by atoms with van der Waals surface area (Å²) >= 11 is 4.39. The molecule has 2 nitrogen and oxygen atoms in total. The van der Waals surface area contributed by atoms with Crippen LogP contribution >= 0.6 is 12.2 Å². The van der Waals surface area contributed by atoms with Gasteiger partial charge in [0.1, 0.15) is 0 Å². The van der Waals surface area contributed by atoms with Gasteiger partial charge in [0.15, 0.2) is 0 Å². The topological polar surface area (TPSA) is 15.6 Å². The summed E-state index contributed by atoms with van der Waals surface area (Å²) < 4.78 is 37.9. The molecule has 0 bridgehead atoms. The first-order chi connectivity index (χ1) is 7.82. The second kappa shape index (κ2) is 5.40. The molecule has 6 heteroatoms. The van der Waals surface area contributed by atoms with E-state index in [0.717, 1.165) is 12.1 Å². The minimum atomic E-state index is -4.38.